The number of ketones is 1. The summed E-state index contributed by atoms with van der Waals surface area (Å²) in [5, 5.41) is 3.40. The first-order valence-electron chi connectivity index (χ1n) is 12.4. The molecule has 1 amide bonds. The SMILES string of the molecule is [C-]#[N+]C1(CC(=O)c2cccc(-c3cc4c(C(=O)NC)c(-c5ccc(C)cc5)oc4cc3OCC)c2)CC1. The Kier molecular flexibility index (Phi) is 6.31. The number of amides is 1. The van der Waals surface area contributed by atoms with Crippen molar-refractivity contribution in [2.45, 2.75) is 38.6 Å². The Hall–Kier alpha value is -4.37. The van der Waals surface area contributed by atoms with Gasteiger partial charge in [-0.05, 0) is 31.5 Å². The highest BCUT2D eigenvalue weighted by atomic mass is 16.5. The van der Waals surface area contributed by atoms with Crippen LogP contribution in [0.1, 0.15) is 52.5 Å². The van der Waals surface area contributed by atoms with Gasteiger partial charge in [0.1, 0.15) is 17.1 Å². The zero-order chi connectivity index (χ0) is 26.2. The molecule has 5 rings (SSSR count). The summed E-state index contributed by atoms with van der Waals surface area (Å²) in [6, 6.07) is 18.9. The molecule has 1 heterocycles. The summed E-state index contributed by atoms with van der Waals surface area (Å²) in [5.74, 6) is 0.812. The van der Waals surface area contributed by atoms with Crippen LogP contribution < -0.4 is 10.1 Å². The Balaban J connectivity index is 1.65. The van der Waals surface area contributed by atoms with Gasteiger partial charge in [-0.3, -0.25) is 9.59 Å². The van der Waals surface area contributed by atoms with Gasteiger partial charge < -0.3 is 19.3 Å². The summed E-state index contributed by atoms with van der Waals surface area (Å²) < 4.78 is 12.2. The molecule has 0 spiro atoms. The molecule has 0 unspecified atom stereocenters. The van der Waals surface area contributed by atoms with Crippen molar-refractivity contribution in [3.8, 4) is 28.2 Å². The molecule has 0 bridgehead atoms. The minimum Gasteiger partial charge on any atom is -0.493 e. The van der Waals surface area contributed by atoms with E-state index in [1.54, 1.807) is 13.1 Å². The van der Waals surface area contributed by atoms with Gasteiger partial charge in [0.05, 0.1) is 18.6 Å². The van der Waals surface area contributed by atoms with Crippen LogP contribution in [0.25, 0.3) is 38.3 Å². The van der Waals surface area contributed by atoms with Crippen molar-refractivity contribution < 1.29 is 18.7 Å². The first-order chi connectivity index (χ1) is 17.9. The van der Waals surface area contributed by atoms with Crippen LogP contribution in [0.5, 0.6) is 5.75 Å². The van der Waals surface area contributed by atoms with E-state index in [0.29, 0.717) is 40.2 Å². The van der Waals surface area contributed by atoms with E-state index in [1.807, 2.05) is 68.4 Å². The predicted molar refractivity (Wildman–Crippen MR) is 144 cm³/mol. The van der Waals surface area contributed by atoms with Crippen molar-refractivity contribution in [2.24, 2.45) is 0 Å². The number of ether oxygens (including phenoxy) is 1. The van der Waals surface area contributed by atoms with Crippen molar-refractivity contribution in [1.29, 1.82) is 0 Å². The van der Waals surface area contributed by atoms with Crippen molar-refractivity contribution in [1.82, 2.24) is 5.32 Å². The molecule has 0 saturated heterocycles. The van der Waals surface area contributed by atoms with Crippen LogP contribution in [-0.2, 0) is 0 Å². The number of nitrogens with zero attached hydrogens (tertiary/aromatic N) is 1. The highest BCUT2D eigenvalue weighted by Crippen LogP contribution is 2.44. The molecular weight excluding hydrogens is 464 g/mol. The van der Waals surface area contributed by atoms with E-state index in [4.69, 9.17) is 15.7 Å². The average molecular weight is 493 g/mol. The summed E-state index contributed by atoms with van der Waals surface area (Å²) in [4.78, 5) is 29.7. The van der Waals surface area contributed by atoms with Crippen LogP contribution in [0, 0.1) is 13.5 Å². The second-order valence-electron chi connectivity index (χ2n) is 9.55. The Bertz CT molecular complexity index is 1550. The molecule has 0 aliphatic heterocycles. The van der Waals surface area contributed by atoms with Crippen LogP contribution in [0.15, 0.2) is 65.1 Å². The van der Waals surface area contributed by atoms with Gasteiger partial charge in [0.15, 0.2) is 5.78 Å². The minimum atomic E-state index is -0.520. The number of benzene rings is 3. The van der Waals surface area contributed by atoms with Crippen LogP contribution in [-0.4, -0.2) is 30.9 Å². The van der Waals surface area contributed by atoms with Crippen LogP contribution in [0.4, 0.5) is 0 Å². The van der Waals surface area contributed by atoms with E-state index in [1.165, 1.54) is 0 Å². The molecule has 186 valence electrons. The highest BCUT2D eigenvalue weighted by molar-refractivity contribution is 6.12. The van der Waals surface area contributed by atoms with Gasteiger partial charge in [0.2, 0.25) is 5.54 Å². The summed E-state index contributed by atoms with van der Waals surface area (Å²) >= 11 is 0. The third-order valence-electron chi connectivity index (χ3n) is 6.91. The van der Waals surface area contributed by atoms with E-state index < -0.39 is 5.54 Å². The molecule has 0 atom stereocenters. The minimum absolute atomic E-state index is 0.0367. The number of Topliss-reactive ketones (excluding diaryl/α,β-unsaturated/α-hetero) is 1. The van der Waals surface area contributed by atoms with Gasteiger partial charge >= 0.3 is 0 Å². The first kappa shape index (κ1) is 24.3. The van der Waals surface area contributed by atoms with E-state index >= 15 is 0 Å². The van der Waals surface area contributed by atoms with Crippen molar-refractivity contribution in [3.63, 3.8) is 0 Å². The fourth-order valence-electron chi connectivity index (χ4n) is 4.62. The Morgan fingerprint density at radius 1 is 1.08 bits per heavy atom. The fraction of sp³-hybridized carbons (Fsp3) is 0.258. The zero-order valence-corrected chi connectivity index (χ0v) is 21.2. The van der Waals surface area contributed by atoms with Gasteiger partial charge in [-0.15, -0.1) is 0 Å². The van der Waals surface area contributed by atoms with E-state index in [2.05, 4.69) is 10.2 Å². The molecule has 1 aromatic heterocycles. The largest absolute Gasteiger partial charge is 0.493 e. The molecule has 1 fully saturated rings. The number of fused-ring (bicyclic) bond motifs is 1. The molecule has 6 nitrogen and oxygen atoms in total. The molecule has 4 aromatic rings. The number of carbonyl (C=O) groups is 2. The molecule has 37 heavy (non-hydrogen) atoms. The summed E-state index contributed by atoms with van der Waals surface area (Å²) in [5.41, 5.74) is 4.51. The maximum absolute atomic E-state index is 13.0. The lowest BCUT2D eigenvalue weighted by Gasteiger charge is -2.12. The highest BCUT2D eigenvalue weighted by Gasteiger charge is 2.52. The number of hydrogen-bond donors (Lipinski definition) is 1. The second-order valence-corrected chi connectivity index (χ2v) is 9.55. The normalized spacial score (nSPS) is 13.7. The van der Waals surface area contributed by atoms with E-state index in [0.717, 1.165) is 35.1 Å². The quantitative estimate of drug-likeness (QED) is 0.215. The maximum Gasteiger partial charge on any atom is 0.255 e. The lowest BCUT2D eigenvalue weighted by Crippen LogP contribution is -2.18. The topological polar surface area (TPSA) is 72.9 Å². The average Bonchev–Trinajstić information content (AvgIpc) is 3.59. The fourth-order valence-corrected chi connectivity index (χ4v) is 4.62. The van der Waals surface area contributed by atoms with Gasteiger partial charge in [0, 0.05) is 48.0 Å². The summed E-state index contributed by atoms with van der Waals surface area (Å²) in [6.45, 7) is 11.8. The third-order valence-corrected chi connectivity index (χ3v) is 6.91. The monoisotopic (exact) mass is 492 g/mol. The second kappa shape index (κ2) is 9.59. The third kappa shape index (κ3) is 4.61. The van der Waals surface area contributed by atoms with E-state index in [-0.39, 0.29) is 18.1 Å². The van der Waals surface area contributed by atoms with Crippen molar-refractivity contribution >= 4 is 22.7 Å². The number of carbonyl (C=O) groups excluding carboxylic acids is 2. The molecule has 1 aliphatic carbocycles. The van der Waals surface area contributed by atoms with Crippen molar-refractivity contribution in [3.05, 3.63) is 88.8 Å². The Labute approximate surface area is 216 Å². The lowest BCUT2D eigenvalue weighted by atomic mass is 9.95. The standard InChI is InChI=1S/C31H28N2O4/c1-5-36-26-17-27-24(28(30(35)32-3)29(37-27)20-11-9-19(2)10-12-20)16-23(26)21-7-6-8-22(15-21)25(34)18-31(33-4)13-14-31/h6-12,15-17H,5,13-14,18H2,1-3H3,(H,32,35). The molecule has 1 saturated carbocycles. The molecule has 0 radical (unpaired) electrons. The summed E-state index contributed by atoms with van der Waals surface area (Å²) in [7, 11) is 1.60. The zero-order valence-electron chi connectivity index (χ0n) is 21.2. The Morgan fingerprint density at radius 2 is 1.84 bits per heavy atom. The number of aryl methyl sites for hydroxylation is 1. The number of furan rings is 1. The van der Waals surface area contributed by atoms with Crippen molar-refractivity contribution in [2.75, 3.05) is 13.7 Å². The Morgan fingerprint density at radius 3 is 2.49 bits per heavy atom. The van der Waals surface area contributed by atoms with Gasteiger partial charge in [-0.25, -0.2) is 6.57 Å². The first-order valence-corrected chi connectivity index (χ1v) is 12.4. The molecule has 6 heteroatoms. The molecule has 1 aliphatic rings. The number of rotatable bonds is 8. The number of nitrogens with one attached hydrogen (secondary N) is 1. The maximum atomic E-state index is 13.0. The van der Waals surface area contributed by atoms with Gasteiger partial charge in [-0.2, -0.15) is 0 Å². The van der Waals surface area contributed by atoms with Gasteiger partial charge in [0.25, 0.3) is 5.91 Å². The summed E-state index contributed by atoms with van der Waals surface area (Å²) in [6.07, 6.45) is 1.79. The number of hydrogen-bond acceptors (Lipinski definition) is 4. The lowest BCUT2D eigenvalue weighted by molar-refractivity contribution is 0.0960. The van der Waals surface area contributed by atoms with Crippen LogP contribution >= 0.6 is 0 Å². The van der Waals surface area contributed by atoms with Crippen LogP contribution in [0.3, 0.4) is 0 Å². The predicted octanol–water partition coefficient (Wildman–Crippen LogP) is 6.86. The van der Waals surface area contributed by atoms with Gasteiger partial charge in [-0.1, -0.05) is 48.0 Å². The molecule has 1 N–H and O–H groups in total. The molecular formula is C31H28N2O4. The smallest absolute Gasteiger partial charge is 0.255 e. The molecule has 3 aromatic carbocycles. The van der Waals surface area contributed by atoms with E-state index in [9.17, 15) is 9.59 Å². The van der Waals surface area contributed by atoms with Crippen LogP contribution in [0.2, 0.25) is 0 Å².